The summed E-state index contributed by atoms with van der Waals surface area (Å²) < 4.78 is 47.1. The fraction of sp³-hybridized carbons (Fsp3) is 0.375. The van der Waals surface area contributed by atoms with Crippen molar-refractivity contribution in [2.75, 3.05) is 24.7 Å². The molecule has 8 nitrogen and oxygen atoms in total. The molecule has 0 fully saturated rings. The topological polar surface area (TPSA) is 131 Å². The van der Waals surface area contributed by atoms with Crippen molar-refractivity contribution in [1.82, 2.24) is 9.71 Å². The lowest BCUT2D eigenvalue weighted by Crippen LogP contribution is -2.31. The molecule has 102 valence electrons. The van der Waals surface area contributed by atoms with Gasteiger partial charge >= 0.3 is 0 Å². The summed E-state index contributed by atoms with van der Waals surface area (Å²) in [5, 5.41) is 7.47. The Morgan fingerprint density at radius 1 is 1.33 bits per heavy atom. The number of nitrogens with zero attached hydrogens (tertiary/aromatic N) is 1. The van der Waals surface area contributed by atoms with E-state index in [0.29, 0.717) is 5.82 Å². The molecular formula is C8H14N4O4S2. The second-order valence-electron chi connectivity index (χ2n) is 3.39. The lowest BCUT2D eigenvalue weighted by atomic mass is 10.5. The number of anilines is 1. The van der Waals surface area contributed by atoms with Gasteiger partial charge in [0.2, 0.25) is 20.0 Å². The van der Waals surface area contributed by atoms with Gasteiger partial charge in [0.05, 0.1) is 10.6 Å². The normalized spacial score (nSPS) is 12.3. The average Bonchev–Trinajstić information content (AvgIpc) is 2.27. The lowest BCUT2D eigenvalue weighted by Gasteiger charge is -2.07. The zero-order valence-corrected chi connectivity index (χ0v) is 11.3. The molecule has 0 unspecified atom stereocenters. The molecule has 0 saturated heterocycles. The molecule has 0 aromatic carbocycles. The number of hydrogen-bond acceptors (Lipinski definition) is 6. The molecule has 4 N–H and O–H groups in total. The molecule has 0 aliphatic carbocycles. The van der Waals surface area contributed by atoms with E-state index in [2.05, 4.69) is 15.0 Å². The zero-order chi connectivity index (χ0) is 13.8. The van der Waals surface area contributed by atoms with Crippen LogP contribution in [0.1, 0.15) is 0 Å². The Balaban J connectivity index is 2.80. The second kappa shape index (κ2) is 5.61. The number of nitrogens with two attached hydrogens (primary N) is 1. The van der Waals surface area contributed by atoms with Gasteiger partial charge in [-0.05, 0) is 6.07 Å². The highest BCUT2D eigenvalue weighted by molar-refractivity contribution is 7.90. The van der Waals surface area contributed by atoms with Crippen molar-refractivity contribution in [2.24, 2.45) is 5.14 Å². The van der Waals surface area contributed by atoms with E-state index in [1.165, 1.54) is 18.3 Å². The van der Waals surface area contributed by atoms with Gasteiger partial charge in [-0.3, -0.25) is 0 Å². The summed E-state index contributed by atoms with van der Waals surface area (Å²) in [7, 11) is -5.85. The zero-order valence-electron chi connectivity index (χ0n) is 9.62. The highest BCUT2D eigenvalue weighted by atomic mass is 32.2. The van der Waals surface area contributed by atoms with Crippen LogP contribution in [0, 0.1) is 0 Å². The first-order valence-electron chi connectivity index (χ1n) is 4.88. The van der Waals surface area contributed by atoms with Crippen LogP contribution in [-0.2, 0) is 20.0 Å². The number of hydrogen-bond donors (Lipinski definition) is 3. The van der Waals surface area contributed by atoms with E-state index in [9.17, 15) is 16.8 Å². The maximum absolute atomic E-state index is 11.8. The number of rotatable bonds is 6. The summed E-state index contributed by atoms with van der Waals surface area (Å²) in [6, 6.07) is 2.64. The second-order valence-corrected chi connectivity index (χ2v) is 6.89. The van der Waals surface area contributed by atoms with Gasteiger partial charge in [0.25, 0.3) is 0 Å². The molecular weight excluding hydrogens is 280 g/mol. The van der Waals surface area contributed by atoms with Crippen molar-refractivity contribution in [1.29, 1.82) is 0 Å². The highest BCUT2D eigenvalue weighted by Crippen LogP contribution is 2.11. The minimum atomic E-state index is -3.77. The lowest BCUT2D eigenvalue weighted by molar-refractivity contribution is 0.581. The third-order valence-electron chi connectivity index (χ3n) is 1.98. The number of nitrogens with one attached hydrogen (secondary N) is 2. The molecule has 1 aromatic rings. The van der Waals surface area contributed by atoms with Crippen LogP contribution in [0.4, 0.5) is 5.82 Å². The molecule has 0 spiro atoms. The van der Waals surface area contributed by atoms with E-state index in [0.717, 1.165) is 0 Å². The van der Waals surface area contributed by atoms with Gasteiger partial charge in [0.15, 0.2) is 0 Å². The molecule has 1 heterocycles. The van der Waals surface area contributed by atoms with Crippen LogP contribution >= 0.6 is 0 Å². The van der Waals surface area contributed by atoms with Crippen LogP contribution in [0.2, 0.25) is 0 Å². The van der Waals surface area contributed by atoms with E-state index in [-0.39, 0.29) is 11.4 Å². The van der Waals surface area contributed by atoms with Gasteiger partial charge in [0, 0.05) is 25.9 Å². The van der Waals surface area contributed by atoms with Gasteiger partial charge in [-0.2, -0.15) is 0 Å². The van der Waals surface area contributed by atoms with Gasteiger partial charge in [-0.15, -0.1) is 0 Å². The van der Waals surface area contributed by atoms with Crippen LogP contribution in [0.3, 0.4) is 0 Å². The van der Waals surface area contributed by atoms with Gasteiger partial charge in [-0.25, -0.2) is 31.7 Å². The predicted molar refractivity (Wildman–Crippen MR) is 66.9 cm³/mol. The quantitative estimate of drug-likeness (QED) is 0.597. The molecule has 0 aliphatic rings. The van der Waals surface area contributed by atoms with E-state index in [1.54, 1.807) is 7.05 Å². The van der Waals surface area contributed by atoms with E-state index in [1.807, 2.05) is 0 Å². The van der Waals surface area contributed by atoms with E-state index >= 15 is 0 Å². The number of aromatic nitrogens is 1. The largest absolute Gasteiger partial charge is 0.373 e. The number of pyridine rings is 1. The van der Waals surface area contributed by atoms with Gasteiger partial charge in [0.1, 0.15) is 5.82 Å². The third-order valence-corrected chi connectivity index (χ3v) is 4.21. The van der Waals surface area contributed by atoms with Crippen molar-refractivity contribution in [3.8, 4) is 0 Å². The van der Waals surface area contributed by atoms with Crippen molar-refractivity contribution >= 4 is 25.9 Å². The molecule has 1 aromatic heterocycles. The molecule has 1 rings (SSSR count). The fourth-order valence-electron chi connectivity index (χ4n) is 1.12. The van der Waals surface area contributed by atoms with Crippen molar-refractivity contribution in [2.45, 2.75) is 4.90 Å². The highest BCUT2D eigenvalue weighted by Gasteiger charge is 2.15. The smallest absolute Gasteiger partial charge is 0.240 e. The molecule has 0 amide bonds. The Morgan fingerprint density at radius 2 is 2.00 bits per heavy atom. The summed E-state index contributed by atoms with van der Waals surface area (Å²) >= 11 is 0. The van der Waals surface area contributed by atoms with Crippen molar-refractivity contribution < 1.29 is 16.8 Å². The number of primary sulfonamides is 1. The molecule has 0 atom stereocenters. The molecule has 10 heteroatoms. The van der Waals surface area contributed by atoms with Gasteiger partial charge < -0.3 is 5.32 Å². The minimum absolute atomic E-state index is 0.00345. The number of sulfonamides is 2. The Kier molecular flexibility index (Phi) is 4.62. The Labute approximate surface area is 106 Å². The molecule has 0 saturated carbocycles. The summed E-state index contributed by atoms with van der Waals surface area (Å²) in [6.07, 6.45) is 1.33. The van der Waals surface area contributed by atoms with Crippen molar-refractivity contribution in [3.63, 3.8) is 0 Å². The third kappa shape index (κ3) is 4.56. The monoisotopic (exact) mass is 294 g/mol. The van der Waals surface area contributed by atoms with Crippen LogP contribution in [0.15, 0.2) is 23.2 Å². The summed E-state index contributed by atoms with van der Waals surface area (Å²) in [6.45, 7) is -0.279. The first-order valence-corrected chi connectivity index (χ1v) is 8.08. The van der Waals surface area contributed by atoms with E-state index in [4.69, 9.17) is 5.14 Å². The summed E-state index contributed by atoms with van der Waals surface area (Å²) in [5.41, 5.74) is 0. The maximum atomic E-state index is 11.8. The Bertz CT molecular complexity index is 612. The van der Waals surface area contributed by atoms with Crippen LogP contribution in [-0.4, -0.2) is 41.2 Å². The first-order chi connectivity index (χ1) is 8.24. The predicted octanol–water partition coefficient (Wildman–Crippen LogP) is -1.31. The fourth-order valence-corrected chi connectivity index (χ4v) is 2.68. The molecule has 0 aliphatic heterocycles. The van der Waals surface area contributed by atoms with Crippen molar-refractivity contribution in [3.05, 3.63) is 18.3 Å². The first kappa shape index (κ1) is 14.8. The SMILES string of the molecule is CNc1cc(S(=O)(=O)NCCS(N)(=O)=O)ccn1. The maximum Gasteiger partial charge on any atom is 0.240 e. The molecule has 18 heavy (non-hydrogen) atoms. The van der Waals surface area contributed by atoms with Crippen LogP contribution in [0.25, 0.3) is 0 Å². The van der Waals surface area contributed by atoms with E-state index < -0.39 is 25.8 Å². The summed E-state index contributed by atoms with van der Waals surface area (Å²) in [4.78, 5) is 3.87. The average molecular weight is 294 g/mol. The van der Waals surface area contributed by atoms with Crippen LogP contribution in [0.5, 0.6) is 0 Å². The molecule has 0 bridgehead atoms. The minimum Gasteiger partial charge on any atom is -0.373 e. The Hall–Kier alpha value is -1.23. The standard InChI is InChI=1S/C8H14N4O4S2/c1-10-8-6-7(2-3-11-8)18(15,16)12-4-5-17(9,13)14/h2-3,6,12H,4-5H2,1H3,(H,10,11)(H2,9,13,14). The van der Waals surface area contributed by atoms with Crippen LogP contribution < -0.4 is 15.2 Å². The molecule has 0 radical (unpaired) electrons. The van der Waals surface area contributed by atoms with Gasteiger partial charge in [-0.1, -0.05) is 0 Å². The Morgan fingerprint density at radius 3 is 2.56 bits per heavy atom. The summed E-state index contributed by atoms with van der Waals surface area (Å²) in [5.74, 6) is -0.0692.